The molecular weight excluding hydrogens is 456 g/mol. The summed E-state index contributed by atoms with van der Waals surface area (Å²) in [5.41, 5.74) is 1.90. The van der Waals surface area contributed by atoms with Crippen LogP contribution in [-0.2, 0) is 16.6 Å². The van der Waals surface area contributed by atoms with E-state index in [1.54, 1.807) is 35.1 Å². The number of sulfonamides is 1. The first-order chi connectivity index (χ1) is 16.3. The van der Waals surface area contributed by atoms with Crippen molar-refractivity contribution in [3.05, 3.63) is 59.9 Å². The third-order valence-corrected chi connectivity index (χ3v) is 6.29. The van der Waals surface area contributed by atoms with Gasteiger partial charge < -0.3 is 14.0 Å². The summed E-state index contributed by atoms with van der Waals surface area (Å²) in [6.45, 7) is 4.44. The highest BCUT2D eigenvalue weighted by molar-refractivity contribution is 7.92. The highest BCUT2D eigenvalue weighted by Crippen LogP contribution is 2.36. The largest absolute Gasteiger partial charge is 0.496 e. The summed E-state index contributed by atoms with van der Waals surface area (Å²) in [7, 11) is -1.15. The second-order valence-electron chi connectivity index (χ2n) is 7.80. The number of nitrogens with zero attached hydrogens (tertiary/aromatic N) is 3. The lowest BCUT2D eigenvalue weighted by molar-refractivity contribution is 0.402. The predicted octanol–water partition coefficient (Wildman–Crippen LogP) is 3.90. The van der Waals surface area contributed by atoms with Crippen LogP contribution in [0.1, 0.15) is 25.0 Å². The molecule has 176 valence electrons. The first kappa shape index (κ1) is 23.2. The normalized spacial score (nSPS) is 11.3. The fourth-order valence-electron chi connectivity index (χ4n) is 3.37. The molecule has 2 aromatic heterocycles. The number of methoxy groups -OCH3 is 2. The summed E-state index contributed by atoms with van der Waals surface area (Å²) in [6.07, 6.45) is 3.53. The molecule has 0 unspecified atom stereocenters. The van der Waals surface area contributed by atoms with E-state index in [2.05, 4.69) is 26.8 Å². The van der Waals surface area contributed by atoms with Gasteiger partial charge in [0, 0.05) is 23.9 Å². The zero-order valence-electron chi connectivity index (χ0n) is 19.2. The summed E-state index contributed by atoms with van der Waals surface area (Å²) in [4.78, 5) is -0.0458. The van der Waals surface area contributed by atoms with Crippen LogP contribution in [0.25, 0.3) is 11.0 Å². The van der Waals surface area contributed by atoms with Gasteiger partial charge in [0.1, 0.15) is 21.8 Å². The minimum atomic E-state index is -4.06. The first-order valence-corrected chi connectivity index (χ1v) is 11.9. The van der Waals surface area contributed by atoms with E-state index < -0.39 is 10.0 Å². The van der Waals surface area contributed by atoms with E-state index in [1.807, 2.05) is 26.1 Å². The molecule has 10 heteroatoms. The van der Waals surface area contributed by atoms with Crippen LogP contribution in [0.15, 0.2) is 58.2 Å². The Morgan fingerprint density at radius 3 is 2.62 bits per heavy atom. The molecule has 2 aromatic carbocycles. The summed E-state index contributed by atoms with van der Waals surface area (Å²) in [6, 6.07) is 10.1. The van der Waals surface area contributed by atoms with Crippen LogP contribution in [0.2, 0.25) is 0 Å². The van der Waals surface area contributed by atoms with Crippen molar-refractivity contribution >= 4 is 26.8 Å². The van der Waals surface area contributed by atoms with Gasteiger partial charge in [-0.25, -0.2) is 8.42 Å². The zero-order chi connectivity index (χ0) is 24.3. The Morgan fingerprint density at radius 1 is 1.15 bits per heavy atom. The molecule has 4 rings (SSSR count). The maximum atomic E-state index is 13.2. The minimum Gasteiger partial charge on any atom is -0.496 e. The molecule has 0 aliphatic carbocycles. The average molecular weight is 481 g/mol. The number of fused-ring (bicyclic) bond motifs is 1. The standard InChI is InChI=1S/C24H24N4O5S/c1-16(2)6-7-17-8-9-22(19(12-17)31-3)34(29,30)27-24-23-20(32-4)13-18(14-21(23)33-26-24)15-28-11-5-10-25-28/h5,8-14,16H,15H2,1-4H3,(H,26,27). The Kier molecular flexibility index (Phi) is 6.47. The lowest BCUT2D eigenvalue weighted by Gasteiger charge is -2.11. The van der Waals surface area contributed by atoms with Crippen molar-refractivity contribution < 1.29 is 22.4 Å². The second-order valence-corrected chi connectivity index (χ2v) is 9.45. The zero-order valence-corrected chi connectivity index (χ0v) is 20.0. The number of rotatable bonds is 7. The molecule has 0 saturated carbocycles. The van der Waals surface area contributed by atoms with E-state index in [1.165, 1.54) is 20.3 Å². The van der Waals surface area contributed by atoms with E-state index in [0.717, 1.165) is 5.56 Å². The van der Waals surface area contributed by atoms with Crippen molar-refractivity contribution in [2.75, 3.05) is 18.9 Å². The molecule has 0 aliphatic rings. The fraction of sp³-hybridized carbons (Fsp3) is 0.250. The van der Waals surface area contributed by atoms with Gasteiger partial charge in [0.15, 0.2) is 11.4 Å². The van der Waals surface area contributed by atoms with Crippen molar-refractivity contribution in [1.82, 2.24) is 14.9 Å². The third kappa shape index (κ3) is 4.84. The quantitative estimate of drug-likeness (QED) is 0.400. The van der Waals surface area contributed by atoms with E-state index in [-0.39, 0.29) is 22.4 Å². The van der Waals surface area contributed by atoms with Crippen molar-refractivity contribution in [2.45, 2.75) is 25.3 Å². The number of benzene rings is 2. The summed E-state index contributed by atoms with van der Waals surface area (Å²) < 4.78 is 47.0. The van der Waals surface area contributed by atoms with Gasteiger partial charge in [0.2, 0.25) is 0 Å². The monoisotopic (exact) mass is 480 g/mol. The van der Waals surface area contributed by atoms with Crippen LogP contribution in [0.5, 0.6) is 11.5 Å². The maximum Gasteiger partial charge on any atom is 0.266 e. The Hall–Kier alpha value is -3.97. The van der Waals surface area contributed by atoms with E-state index in [9.17, 15) is 8.42 Å². The van der Waals surface area contributed by atoms with Crippen LogP contribution in [0.4, 0.5) is 5.82 Å². The molecule has 34 heavy (non-hydrogen) atoms. The third-order valence-electron chi connectivity index (χ3n) is 4.91. The van der Waals surface area contributed by atoms with Gasteiger partial charge in [-0.2, -0.15) is 5.10 Å². The first-order valence-electron chi connectivity index (χ1n) is 10.5. The number of anilines is 1. The summed E-state index contributed by atoms with van der Waals surface area (Å²) >= 11 is 0. The highest BCUT2D eigenvalue weighted by Gasteiger charge is 2.24. The SMILES string of the molecule is COc1cc(C#CC(C)C)ccc1S(=O)(=O)Nc1noc2cc(Cn3cccn3)cc(OC)c12. The van der Waals surface area contributed by atoms with Crippen molar-refractivity contribution in [2.24, 2.45) is 5.92 Å². The van der Waals surface area contributed by atoms with Gasteiger partial charge in [-0.3, -0.25) is 9.40 Å². The Balaban J connectivity index is 1.68. The number of hydrogen-bond donors (Lipinski definition) is 1. The van der Waals surface area contributed by atoms with Crippen LogP contribution in [0, 0.1) is 17.8 Å². The average Bonchev–Trinajstić information content (AvgIpc) is 3.46. The highest BCUT2D eigenvalue weighted by atomic mass is 32.2. The molecule has 0 atom stereocenters. The van der Waals surface area contributed by atoms with Gasteiger partial charge in [-0.15, -0.1) is 0 Å². The van der Waals surface area contributed by atoms with E-state index >= 15 is 0 Å². The van der Waals surface area contributed by atoms with Crippen LogP contribution in [-0.4, -0.2) is 37.6 Å². The van der Waals surface area contributed by atoms with Gasteiger partial charge in [0.25, 0.3) is 10.0 Å². The Labute approximate surface area is 197 Å². The molecule has 0 saturated heterocycles. The number of hydrogen-bond acceptors (Lipinski definition) is 7. The van der Waals surface area contributed by atoms with E-state index in [0.29, 0.717) is 28.8 Å². The summed E-state index contributed by atoms with van der Waals surface area (Å²) in [5, 5.41) is 8.55. The van der Waals surface area contributed by atoms with Gasteiger partial charge >= 0.3 is 0 Å². The molecule has 0 amide bonds. The smallest absolute Gasteiger partial charge is 0.266 e. The predicted molar refractivity (Wildman–Crippen MR) is 127 cm³/mol. The van der Waals surface area contributed by atoms with Crippen molar-refractivity contribution in [3.63, 3.8) is 0 Å². The lowest BCUT2D eigenvalue weighted by Crippen LogP contribution is -2.14. The van der Waals surface area contributed by atoms with Crippen LogP contribution >= 0.6 is 0 Å². The molecule has 0 aliphatic heterocycles. The Bertz CT molecular complexity index is 1480. The molecule has 9 nitrogen and oxygen atoms in total. The number of aromatic nitrogens is 3. The number of nitrogens with one attached hydrogen (secondary N) is 1. The van der Waals surface area contributed by atoms with Crippen LogP contribution in [0.3, 0.4) is 0 Å². The fourth-order valence-corrected chi connectivity index (χ4v) is 4.53. The molecular formula is C24H24N4O5S. The van der Waals surface area contributed by atoms with E-state index in [4.69, 9.17) is 14.0 Å². The molecule has 1 N–H and O–H groups in total. The lowest BCUT2D eigenvalue weighted by atomic mass is 10.1. The summed E-state index contributed by atoms with van der Waals surface area (Å²) in [5.74, 6) is 6.85. The molecule has 0 fully saturated rings. The minimum absolute atomic E-state index is 0.0169. The Morgan fingerprint density at radius 2 is 1.94 bits per heavy atom. The van der Waals surface area contributed by atoms with Gasteiger partial charge in [0.05, 0.1) is 20.8 Å². The topological polar surface area (TPSA) is 108 Å². The molecule has 0 radical (unpaired) electrons. The van der Waals surface area contributed by atoms with Crippen molar-refractivity contribution in [1.29, 1.82) is 0 Å². The molecule has 0 spiro atoms. The maximum absolute atomic E-state index is 13.2. The van der Waals surface area contributed by atoms with Crippen LogP contribution < -0.4 is 14.2 Å². The molecule has 0 bridgehead atoms. The molecule has 2 heterocycles. The van der Waals surface area contributed by atoms with Gasteiger partial charge in [-0.05, 0) is 42.0 Å². The number of ether oxygens (including phenoxy) is 2. The van der Waals surface area contributed by atoms with Crippen molar-refractivity contribution in [3.8, 4) is 23.3 Å². The molecule has 4 aromatic rings. The second kappa shape index (κ2) is 9.49. The van der Waals surface area contributed by atoms with Gasteiger partial charge in [-0.1, -0.05) is 30.8 Å².